The molecule has 1 amide bonds. The molecule has 0 spiro atoms. The van der Waals surface area contributed by atoms with Gasteiger partial charge in [-0.25, -0.2) is 13.1 Å². The first-order valence-corrected chi connectivity index (χ1v) is 6.36. The van der Waals surface area contributed by atoms with Crippen LogP contribution in [0.25, 0.3) is 0 Å². The van der Waals surface area contributed by atoms with E-state index in [1.807, 2.05) is 4.72 Å². The Balaban J connectivity index is 2.16. The number of nitrogens with one attached hydrogen (secondary N) is 1. The number of carbonyl (C=O) groups excluding carboxylic acids is 1. The van der Waals surface area contributed by atoms with E-state index in [4.69, 9.17) is 4.74 Å². The molecule has 0 unspecified atom stereocenters. The highest BCUT2D eigenvalue weighted by atomic mass is 32.2. The Labute approximate surface area is 98.4 Å². The molecule has 0 aliphatic carbocycles. The molecule has 0 saturated heterocycles. The van der Waals surface area contributed by atoms with E-state index >= 15 is 0 Å². The summed E-state index contributed by atoms with van der Waals surface area (Å²) >= 11 is 0. The van der Waals surface area contributed by atoms with E-state index in [1.165, 1.54) is 30.8 Å². The molecule has 2 heterocycles. The van der Waals surface area contributed by atoms with Crippen LogP contribution in [0.4, 0.5) is 0 Å². The lowest BCUT2D eigenvalue weighted by Gasteiger charge is -2.05. The average molecular weight is 254 g/mol. The summed E-state index contributed by atoms with van der Waals surface area (Å²) in [6, 6.07) is 2.85. The molecule has 1 aliphatic heterocycles. The average Bonchev–Trinajstić information content (AvgIpc) is 2.83. The zero-order valence-corrected chi connectivity index (χ0v) is 9.61. The van der Waals surface area contributed by atoms with Gasteiger partial charge in [0, 0.05) is 18.8 Å². The van der Waals surface area contributed by atoms with Crippen molar-refractivity contribution < 1.29 is 17.9 Å². The SMILES string of the molecule is O=C(NS(=O)(=O)c1cccnc1)C1=COCC1. The van der Waals surface area contributed by atoms with Gasteiger partial charge in [0.25, 0.3) is 15.9 Å². The maximum absolute atomic E-state index is 11.8. The maximum Gasteiger partial charge on any atom is 0.265 e. The predicted octanol–water partition coefficient (Wildman–Crippen LogP) is 0.191. The summed E-state index contributed by atoms with van der Waals surface area (Å²) < 4.78 is 30.3. The van der Waals surface area contributed by atoms with Crippen LogP contribution in [0.5, 0.6) is 0 Å². The second-order valence-corrected chi connectivity index (χ2v) is 5.07. The van der Waals surface area contributed by atoms with E-state index in [0.29, 0.717) is 18.6 Å². The van der Waals surface area contributed by atoms with Crippen molar-refractivity contribution in [1.29, 1.82) is 0 Å². The van der Waals surface area contributed by atoms with Crippen LogP contribution in [0.2, 0.25) is 0 Å². The van der Waals surface area contributed by atoms with Crippen LogP contribution < -0.4 is 4.72 Å². The molecule has 0 atom stereocenters. The third-order valence-electron chi connectivity index (χ3n) is 2.18. The number of hydrogen-bond acceptors (Lipinski definition) is 5. The van der Waals surface area contributed by atoms with Crippen LogP contribution in [0, 0.1) is 0 Å². The van der Waals surface area contributed by atoms with Crippen LogP contribution in [0.1, 0.15) is 6.42 Å². The van der Waals surface area contributed by atoms with Gasteiger partial charge >= 0.3 is 0 Å². The van der Waals surface area contributed by atoms with Crippen molar-refractivity contribution in [1.82, 2.24) is 9.71 Å². The summed E-state index contributed by atoms with van der Waals surface area (Å²) in [5.74, 6) is -0.661. The Kier molecular flexibility index (Phi) is 3.10. The zero-order valence-electron chi connectivity index (χ0n) is 8.79. The molecule has 6 nitrogen and oxygen atoms in total. The van der Waals surface area contributed by atoms with Crippen LogP contribution in [-0.2, 0) is 19.6 Å². The number of ether oxygens (including phenoxy) is 1. The van der Waals surface area contributed by atoms with Gasteiger partial charge in [0.15, 0.2) is 0 Å². The van der Waals surface area contributed by atoms with Crippen molar-refractivity contribution in [3.63, 3.8) is 0 Å². The topological polar surface area (TPSA) is 85.4 Å². The fraction of sp³-hybridized carbons (Fsp3) is 0.200. The normalized spacial score (nSPS) is 14.9. The van der Waals surface area contributed by atoms with E-state index < -0.39 is 15.9 Å². The number of aromatic nitrogens is 1. The van der Waals surface area contributed by atoms with Gasteiger partial charge in [-0.3, -0.25) is 9.78 Å². The van der Waals surface area contributed by atoms with Crippen molar-refractivity contribution in [2.75, 3.05) is 6.61 Å². The summed E-state index contributed by atoms with van der Waals surface area (Å²) in [6.45, 7) is 0.399. The molecule has 0 bridgehead atoms. The molecular weight excluding hydrogens is 244 g/mol. The van der Waals surface area contributed by atoms with Crippen molar-refractivity contribution in [2.24, 2.45) is 0 Å². The van der Waals surface area contributed by atoms with E-state index in [0.717, 1.165) is 0 Å². The highest BCUT2D eigenvalue weighted by Crippen LogP contribution is 2.12. The molecular formula is C10H10N2O4S. The monoisotopic (exact) mass is 254 g/mol. The van der Waals surface area contributed by atoms with Gasteiger partial charge in [-0.05, 0) is 12.1 Å². The third-order valence-corrected chi connectivity index (χ3v) is 3.49. The molecule has 0 fully saturated rings. The number of hydrogen-bond donors (Lipinski definition) is 1. The van der Waals surface area contributed by atoms with Gasteiger partial charge in [-0.1, -0.05) is 0 Å². The fourth-order valence-corrected chi connectivity index (χ4v) is 2.26. The van der Waals surface area contributed by atoms with Gasteiger partial charge in [-0.15, -0.1) is 0 Å². The fourth-order valence-electron chi connectivity index (χ4n) is 1.31. The Morgan fingerprint density at radius 2 is 2.29 bits per heavy atom. The minimum atomic E-state index is -3.86. The molecule has 1 aliphatic rings. The predicted molar refractivity (Wildman–Crippen MR) is 58.2 cm³/mol. The zero-order chi connectivity index (χ0) is 12.3. The molecule has 17 heavy (non-hydrogen) atoms. The second-order valence-electron chi connectivity index (χ2n) is 3.39. The van der Waals surface area contributed by atoms with Crippen LogP contribution in [0.3, 0.4) is 0 Å². The van der Waals surface area contributed by atoms with E-state index in [-0.39, 0.29) is 4.90 Å². The summed E-state index contributed by atoms with van der Waals surface area (Å²) in [5.41, 5.74) is 0.317. The molecule has 1 N–H and O–H groups in total. The Morgan fingerprint density at radius 3 is 2.88 bits per heavy atom. The highest BCUT2D eigenvalue weighted by Gasteiger charge is 2.22. The Morgan fingerprint density at radius 1 is 1.47 bits per heavy atom. The van der Waals surface area contributed by atoms with Crippen LogP contribution in [-0.4, -0.2) is 25.9 Å². The van der Waals surface area contributed by atoms with E-state index in [9.17, 15) is 13.2 Å². The van der Waals surface area contributed by atoms with Gasteiger partial charge < -0.3 is 4.74 Å². The summed E-state index contributed by atoms with van der Waals surface area (Å²) in [4.78, 5) is 15.2. The number of nitrogens with zero attached hydrogens (tertiary/aromatic N) is 1. The van der Waals surface area contributed by atoms with Crippen LogP contribution >= 0.6 is 0 Å². The summed E-state index contributed by atoms with van der Waals surface area (Å²) in [5, 5.41) is 0. The van der Waals surface area contributed by atoms with Gasteiger partial charge in [-0.2, -0.15) is 0 Å². The number of carbonyl (C=O) groups is 1. The van der Waals surface area contributed by atoms with Crippen molar-refractivity contribution in [2.45, 2.75) is 11.3 Å². The number of rotatable bonds is 3. The van der Waals surface area contributed by atoms with Crippen molar-refractivity contribution >= 4 is 15.9 Å². The summed E-state index contributed by atoms with van der Waals surface area (Å²) in [7, 11) is -3.86. The molecule has 90 valence electrons. The first kappa shape index (κ1) is 11.6. The minimum Gasteiger partial charge on any atom is -0.500 e. The highest BCUT2D eigenvalue weighted by molar-refractivity contribution is 7.90. The molecule has 0 saturated carbocycles. The van der Waals surface area contributed by atoms with Gasteiger partial charge in [0.1, 0.15) is 4.90 Å². The third kappa shape index (κ3) is 2.62. The number of amides is 1. The summed E-state index contributed by atoms with van der Waals surface area (Å²) in [6.07, 6.45) is 4.31. The quantitative estimate of drug-likeness (QED) is 0.832. The maximum atomic E-state index is 11.8. The van der Waals surface area contributed by atoms with Gasteiger partial charge in [0.05, 0.1) is 18.4 Å². The molecule has 2 rings (SSSR count). The second kappa shape index (κ2) is 4.54. The lowest BCUT2D eigenvalue weighted by Crippen LogP contribution is -2.31. The standard InChI is InChI=1S/C10H10N2O4S/c13-10(8-3-5-16-7-8)12-17(14,15)9-2-1-4-11-6-9/h1-2,4,6-7H,3,5H2,(H,12,13). The molecule has 0 radical (unpaired) electrons. The Hall–Kier alpha value is -1.89. The van der Waals surface area contributed by atoms with E-state index in [2.05, 4.69) is 4.98 Å². The number of pyridine rings is 1. The number of sulfonamides is 1. The smallest absolute Gasteiger partial charge is 0.265 e. The molecule has 1 aromatic heterocycles. The first-order chi connectivity index (χ1) is 8.09. The van der Waals surface area contributed by atoms with Crippen molar-refractivity contribution in [3.8, 4) is 0 Å². The minimum absolute atomic E-state index is 0.0483. The lowest BCUT2D eigenvalue weighted by atomic mass is 10.2. The van der Waals surface area contributed by atoms with E-state index in [1.54, 1.807) is 0 Å². The molecule has 1 aromatic rings. The Bertz CT molecular complexity index is 551. The van der Waals surface area contributed by atoms with Crippen LogP contribution in [0.15, 0.2) is 41.3 Å². The van der Waals surface area contributed by atoms with Crippen molar-refractivity contribution in [3.05, 3.63) is 36.4 Å². The first-order valence-electron chi connectivity index (χ1n) is 4.87. The molecule has 0 aromatic carbocycles. The molecule has 7 heteroatoms. The lowest BCUT2D eigenvalue weighted by molar-refractivity contribution is -0.115. The largest absolute Gasteiger partial charge is 0.500 e. The van der Waals surface area contributed by atoms with Gasteiger partial charge in [0.2, 0.25) is 0 Å².